The Balaban J connectivity index is 1.95. The van der Waals surface area contributed by atoms with Crippen LogP contribution in [0.4, 0.5) is 0 Å². The van der Waals surface area contributed by atoms with Crippen molar-refractivity contribution in [3.8, 4) is 0 Å². The van der Waals surface area contributed by atoms with E-state index in [4.69, 9.17) is 18.9 Å². The monoisotopic (exact) mass is 352 g/mol. The van der Waals surface area contributed by atoms with Gasteiger partial charge in [0.25, 0.3) is 0 Å². The second-order valence-corrected chi connectivity index (χ2v) is 5.85. The Labute approximate surface area is 132 Å². The van der Waals surface area contributed by atoms with Gasteiger partial charge in [-0.1, -0.05) is 46.3 Å². The normalized spacial score (nSPS) is 30.6. The molecular formula is C16H17BrO4. The Hall–Kier alpha value is -0.980. The van der Waals surface area contributed by atoms with Gasteiger partial charge in [-0.2, -0.15) is 0 Å². The maximum atomic E-state index is 6.21. The highest BCUT2D eigenvalue weighted by atomic mass is 79.9. The van der Waals surface area contributed by atoms with Crippen molar-refractivity contribution in [2.75, 3.05) is 20.8 Å². The molecule has 1 aliphatic carbocycles. The second kappa shape index (κ2) is 5.66. The zero-order valence-corrected chi connectivity index (χ0v) is 13.5. The molecule has 1 fully saturated rings. The number of allylic oxidation sites excluding steroid dienone is 2. The molecule has 0 bridgehead atoms. The first-order valence-corrected chi connectivity index (χ1v) is 7.48. The fraction of sp³-hybridized carbons (Fsp3) is 0.375. The minimum atomic E-state index is -1.11. The molecule has 2 aliphatic rings. The highest BCUT2D eigenvalue weighted by Crippen LogP contribution is 2.47. The van der Waals surface area contributed by atoms with Gasteiger partial charge >= 0.3 is 0 Å². The van der Waals surface area contributed by atoms with E-state index in [9.17, 15) is 0 Å². The molecule has 0 unspecified atom stereocenters. The third kappa shape index (κ3) is 2.39. The van der Waals surface area contributed by atoms with E-state index >= 15 is 0 Å². The third-order valence-corrected chi connectivity index (χ3v) is 4.31. The summed E-state index contributed by atoms with van der Waals surface area (Å²) in [6, 6.07) is 9.98. The Bertz CT molecular complexity index is 565. The Morgan fingerprint density at radius 1 is 1.19 bits per heavy atom. The van der Waals surface area contributed by atoms with Gasteiger partial charge in [0.05, 0.1) is 6.61 Å². The average Bonchev–Trinajstić information content (AvgIpc) is 2.94. The fourth-order valence-electron chi connectivity index (χ4n) is 2.71. The summed E-state index contributed by atoms with van der Waals surface area (Å²) in [6.45, 7) is 0.434. The first-order valence-electron chi connectivity index (χ1n) is 6.69. The summed E-state index contributed by atoms with van der Waals surface area (Å²) in [5.41, 5.74) is 1.06. The van der Waals surface area contributed by atoms with Gasteiger partial charge < -0.3 is 18.9 Å². The fourth-order valence-corrected chi connectivity index (χ4v) is 3.14. The molecule has 1 saturated heterocycles. The molecule has 1 aromatic carbocycles. The van der Waals surface area contributed by atoms with Crippen molar-refractivity contribution in [3.05, 3.63) is 58.6 Å². The molecule has 2 atom stereocenters. The van der Waals surface area contributed by atoms with Crippen LogP contribution in [-0.4, -0.2) is 32.4 Å². The van der Waals surface area contributed by atoms with Crippen molar-refractivity contribution in [1.29, 1.82) is 0 Å². The predicted octanol–water partition coefficient (Wildman–Crippen LogP) is 3.31. The molecule has 0 saturated carbocycles. The minimum Gasteiger partial charge on any atom is -0.345 e. The maximum Gasteiger partial charge on any atom is 0.250 e. The topological polar surface area (TPSA) is 36.9 Å². The Morgan fingerprint density at radius 3 is 2.57 bits per heavy atom. The summed E-state index contributed by atoms with van der Waals surface area (Å²) in [4.78, 5) is 0. The van der Waals surface area contributed by atoms with Crippen LogP contribution in [0.1, 0.15) is 11.7 Å². The van der Waals surface area contributed by atoms with Crippen molar-refractivity contribution in [1.82, 2.24) is 0 Å². The second-order valence-electron chi connectivity index (χ2n) is 4.93. The van der Waals surface area contributed by atoms with Gasteiger partial charge in [-0.3, -0.25) is 0 Å². The van der Waals surface area contributed by atoms with Crippen LogP contribution < -0.4 is 0 Å². The van der Waals surface area contributed by atoms with Crippen molar-refractivity contribution in [3.63, 3.8) is 0 Å². The van der Waals surface area contributed by atoms with E-state index in [0.717, 1.165) is 10.0 Å². The van der Waals surface area contributed by atoms with Crippen LogP contribution in [0.15, 0.2) is 53.0 Å². The van der Waals surface area contributed by atoms with E-state index in [0.29, 0.717) is 6.61 Å². The molecule has 112 valence electrons. The van der Waals surface area contributed by atoms with Crippen LogP contribution in [0.5, 0.6) is 0 Å². The molecule has 1 aliphatic heterocycles. The lowest BCUT2D eigenvalue weighted by molar-refractivity contribution is -0.328. The zero-order valence-electron chi connectivity index (χ0n) is 11.9. The van der Waals surface area contributed by atoms with Crippen molar-refractivity contribution >= 4 is 15.9 Å². The van der Waals surface area contributed by atoms with Crippen LogP contribution in [-0.2, 0) is 18.9 Å². The summed E-state index contributed by atoms with van der Waals surface area (Å²) in [6.07, 6.45) is 5.33. The lowest BCUT2D eigenvalue weighted by Crippen LogP contribution is -2.56. The van der Waals surface area contributed by atoms with Gasteiger partial charge in [0.1, 0.15) is 6.10 Å². The van der Waals surface area contributed by atoms with Crippen molar-refractivity contribution in [2.45, 2.75) is 17.7 Å². The van der Waals surface area contributed by atoms with E-state index in [1.165, 1.54) is 0 Å². The highest BCUT2D eigenvalue weighted by Gasteiger charge is 2.59. The molecule has 0 aromatic heterocycles. The molecule has 1 heterocycles. The lowest BCUT2D eigenvalue weighted by Gasteiger charge is -2.42. The quantitative estimate of drug-likeness (QED) is 0.782. The van der Waals surface area contributed by atoms with Gasteiger partial charge in [-0.25, -0.2) is 0 Å². The molecule has 0 N–H and O–H groups in total. The molecule has 1 spiro atoms. The summed E-state index contributed by atoms with van der Waals surface area (Å²) < 4.78 is 24.2. The van der Waals surface area contributed by atoms with E-state index in [2.05, 4.69) is 15.9 Å². The maximum absolute atomic E-state index is 6.21. The average molecular weight is 353 g/mol. The molecule has 4 nitrogen and oxygen atoms in total. The number of halogens is 1. The molecular weight excluding hydrogens is 336 g/mol. The SMILES string of the molecule is COC1(OC)C=CC(Br)=C[C@@]12OC[C@@H](c1ccccc1)O2. The largest absolute Gasteiger partial charge is 0.345 e. The number of ether oxygens (including phenoxy) is 4. The summed E-state index contributed by atoms with van der Waals surface area (Å²) in [5.74, 6) is -2.21. The zero-order chi connectivity index (χ0) is 14.9. The number of methoxy groups -OCH3 is 2. The van der Waals surface area contributed by atoms with Crippen LogP contribution >= 0.6 is 15.9 Å². The van der Waals surface area contributed by atoms with Crippen LogP contribution in [0.3, 0.4) is 0 Å². The standard InChI is InChI=1S/C16H17BrO4/c1-18-15(19-2)9-8-13(17)10-16(15)20-11-14(21-16)12-6-4-3-5-7-12/h3-10,14H,11H2,1-2H3/t14-,16-/m0/s1. The molecule has 21 heavy (non-hydrogen) atoms. The predicted molar refractivity (Wildman–Crippen MR) is 81.9 cm³/mol. The highest BCUT2D eigenvalue weighted by molar-refractivity contribution is 9.11. The third-order valence-electron chi connectivity index (χ3n) is 3.82. The molecule has 0 amide bonds. The number of hydrogen-bond donors (Lipinski definition) is 0. The van der Waals surface area contributed by atoms with E-state index in [-0.39, 0.29) is 6.10 Å². The summed E-state index contributed by atoms with van der Waals surface area (Å²) in [5, 5.41) is 0. The molecule has 0 radical (unpaired) electrons. The minimum absolute atomic E-state index is 0.168. The van der Waals surface area contributed by atoms with E-state index < -0.39 is 11.6 Å². The van der Waals surface area contributed by atoms with Crippen LogP contribution in [0, 0.1) is 0 Å². The lowest BCUT2D eigenvalue weighted by atomic mass is 9.99. The first kappa shape index (κ1) is 14.9. The summed E-state index contributed by atoms with van der Waals surface area (Å²) in [7, 11) is 3.15. The molecule has 3 rings (SSSR count). The number of benzene rings is 1. The van der Waals surface area contributed by atoms with Crippen molar-refractivity contribution < 1.29 is 18.9 Å². The van der Waals surface area contributed by atoms with Gasteiger partial charge in [0.15, 0.2) is 0 Å². The van der Waals surface area contributed by atoms with Gasteiger partial charge in [0, 0.05) is 18.7 Å². The Morgan fingerprint density at radius 2 is 1.90 bits per heavy atom. The van der Waals surface area contributed by atoms with E-state index in [1.54, 1.807) is 20.3 Å². The van der Waals surface area contributed by atoms with Crippen LogP contribution in [0.25, 0.3) is 0 Å². The molecule has 1 aromatic rings. The molecule has 5 heteroatoms. The Kier molecular flexibility index (Phi) is 4.03. The van der Waals surface area contributed by atoms with E-state index in [1.807, 2.05) is 42.5 Å². The first-order chi connectivity index (χ1) is 10.1. The van der Waals surface area contributed by atoms with Gasteiger partial charge in [-0.05, 0) is 23.8 Å². The smallest absolute Gasteiger partial charge is 0.250 e. The van der Waals surface area contributed by atoms with Crippen LogP contribution in [0.2, 0.25) is 0 Å². The number of hydrogen-bond acceptors (Lipinski definition) is 4. The van der Waals surface area contributed by atoms with Gasteiger partial charge in [-0.15, -0.1) is 0 Å². The van der Waals surface area contributed by atoms with Crippen molar-refractivity contribution in [2.24, 2.45) is 0 Å². The number of rotatable bonds is 3. The van der Waals surface area contributed by atoms with Gasteiger partial charge in [0.2, 0.25) is 11.6 Å². The summed E-state index contributed by atoms with van der Waals surface area (Å²) >= 11 is 3.46.